The maximum Gasteiger partial charge on any atom is 0.341 e. The van der Waals surface area contributed by atoms with Crippen molar-refractivity contribution in [1.82, 2.24) is 4.98 Å². The number of rotatable bonds is 6. The van der Waals surface area contributed by atoms with Crippen LogP contribution in [0.4, 0.5) is 5.69 Å². The first kappa shape index (κ1) is 16.5. The van der Waals surface area contributed by atoms with Crippen molar-refractivity contribution in [3.05, 3.63) is 54.2 Å². The number of carboxylic acid groups (broad SMARTS) is 1. The zero-order valence-corrected chi connectivity index (χ0v) is 13.0. The fraction of sp³-hybridized carbons (Fsp3) is 0.0667. The van der Waals surface area contributed by atoms with E-state index in [-0.39, 0.29) is 22.0 Å². The molecule has 1 heterocycles. The first-order chi connectivity index (χ1) is 10.9. The lowest BCUT2D eigenvalue weighted by molar-refractivity contribution is 0.0694. The number of nitrogens with one attached hydrogen (secondary N) is 1. The van der Waals surface area contributed by atoms with Crippen LogP contribution in [-0.4, -0.2) is 31.6 Å². The van der Waals surface area contributed by atoms with E-state index in [1.165, 1.54) is 43.6 Å². The summed E-state index contributed by atoms with van der Waals surface area (Å²) in [4.78, 5) is 15.3. The molecular weight excluding hydrogens is 320 g/mol. The molecule has 0 aliphatic carbocycles. The smallest absolute Gasteiger partial charge is 0.341 e. The molecule has 7 nitrogen and oxygen atoms in total. The molecular formula is C15H14N2O5S. The van der Waals surface area contributed by atoms with Crippen molar-refractivity contribution in [3.63, 3.8) is 0 Å². The summed E-state index contributed by atoms with van der Waals surface area (Å²) in [6.45, 7) is 3.57. The van der Waals surface area contributed by atoms with Crippen LogP contribution in [0.25, 0.3) is 6.08 Å². The molecule has 0 aliphatic heterocycles. The van der Waals surface area contributed by atoms with Crippen molar-refractivity contribution in [1.29, 1.82) is 0 Å². The molecule has 0 radical (unpaired) electrons. The molecule has 2 rings (SSSR count). The number of anilines is 1. The van der Waals surface area contributed by atoms with E-state index in [0.29, 0.717) is 5.56 Å². The Morgan fingerprint density at radius 2 is 2.09 bits per heavy atom. The zero-order valence-electron chi connectivity index (χ0n) is 12.2. The van der Waals surface area contributed by atoms with Crippen LogP contribution in [0.2, 0.25) is 0 Å². The highest BCUT2D eigenvalue weighted by molar-refractivity contribution is 7.92. The molecule has 1 aromatic heterocycles. The van der Waals surface area contributed by atoms with E-state index in [1.807, 2.05) is 0 Å². The Kier molecular flexibility index (Phi) is 4.65. The lowest BCUT2D eigenvalue weighted by Gasteiger charge is -2.14. The van der Waals surface area contributed by atoms with Gasteiger partial charge in [0.05, 0.1) is 12.8 Å². The molecule has 0 saturated carbocycles. The van der Waals surface area contributed by atoms with Crippen molar-refractivity contribution < 1.29 is 23.1 Å². The summed E-state index contributed by atoms with van der Waals surface area (Å²) >= 11 is 0. The monoisotopic (exact) mass is 334 g/mol. The summed E-state index contributed by atoms with van der Waals surface area (Å²) in [5.41, 5.74) is 0.0145. The van der Waals surface area contributed by atoms with Crippen LogP contribution < -0.4 is 9.46 Å². The van der Waals surface area contributed by atoms with Crippen molar-refractivity contribution in [2.24, 2.45) is 0 Å². The van der Waals surface area contributed by atoms with E-state index in [2.05, 4.69) is 16.3 Å². The average molecular weight is 334 g/mol. The van der Waals surface area contributed by atoms with Gasteiger partial charge in [0.15, 0.2) is 5.03 Å². The molecule has 2 aromatic rings. The Labute approximate surface area is 133 Å². The molecule has 0 unspecified atom stereocenters. The molecule has 120 valence electrons. The van der Waals surface area contributed by atoms with Crippen LogP contribution in [0.1, 0.15) is 15.9 Å². The van der Waals surface area contributed by atoms with Gasteiger partial charge in [0.1, 0.15) is 11.3 Å². The van der Waals surface area contributed by atoms with Gasteiger partial charge in [-0.05, 0) is 24.3 Å². The number of aromatic nitrogens is 1. The van der Waals surface area contributed by atoms with Gasteiger partial charge >= 0.3 is 5.97 Å². The van der Waals surface area contributed by atoms with E-state index in [4.69, 9.17) is 4.74 Å². The molecule has 0 fully saturated rings. The Hall–Kier alpha value is -2.87. The lowest BCUT2D eigenvalue weighted by Crippen LogP contribution is -2.17. The highest BCUT2D eigenvalue weighted by Gasteiger charge is 2.24. The van der Waals surface area contributed by atoms with Crippen molar-refractivity contribution in [2.45, 2.75) is 5.03 Å². The quantitative estimate of drug-likeness (QED) is 0.839. The second-order valence-corrected chi connectivity index (χ2v) is 6.02. The third-order valence-corrected chi connectivity index (χ3v) is 4.26. The average Bonchev–Trinajstić information content (AvgIpc) is 2.54. The summed E-state index contributed by atoms with van der Waals surface area (Å²) < 4.78 is 31.9. The van der Waals surface area contributed by atoms with Crippen LogP contribution in [0, 0.1) is 0 Å². The maximum atomic E-state index is 12.3. The number of carbonyl (C=O) groups is 1. The largest absolute Gasteiger partial charge is 0.495 e. The SMILES string of the molecule is C=Cc1ccc(NS(=O)(=O)c2ccccn2)c(C(=O)O)c1OC. The van der Waals surface area contributed by atoms with Crippen molar-refractivity contribution in [2.75, 3.05) is 11.8 Å². The molecule has 0 saturated heterocycles. The highest BCUT2D eigenvalue weighted by atomic mass is 32.2. The Bertz CT molecular complexity index is 848. The molecule has 0 spiro atoms. The van der Waals surface area contributed by atoms with E-state index in [1.54, 1.807) is 6.07 Å². The minimum atomic E-state index is -4.02. The maximum absolute atomic E-state index is 12.3. The normalized spacial score (nSPS) is 10.8. The number of ether oxygens (including phenoxy) is 1. The van der Waals surface area contributed by atoms with Crippen LogP contribution >= 0.6 is 0 Å². The van der Waals surface area contributed by atoms with Gasteiger partial charge in [0.25, 0.3) is 10.0 Å². The molecule has 0 bridgehead atoms. The summed E-state index contributed by atoms with van der Waals surface area (Å²) in [5, 5.41) is 9.18. The number of hydrogen-bond acceptors (Lipinski definition) is 5. The number of aromatic carboxylic acids is 1. The van der Waals surface area contributed by atoms with E-state index >= 15 is 0 Å². The van der Waals surface area contributed by atoms with Crippen LogP contribution in [0.5, 0.6) is 5.75 Å². The van der Waals surface area contributed by atoms with Crippen molar-refractivity contribution in [3.8, 4) is 5.75 Å². The van der Waals surface area contributed by atoms with Gasteiger partial charge in [-0.25, -0.2) is 9.78 Å². The summed E-state index contributed by atoms with van der Waals surface area (Å²) in [6.07, 6.45) is 2.75. The third kappa shape index (κ3) is 3.32. The van der Waals surface area contributed by atoms with E-state index in [0.717, 1.165) is 0 Å². The molecule has 0 atom stereocenters. The number of methoxy groups -OCH3 is 1. The predicted molar refractivity (Wildman–Crippen MR) is 85.1 cm³/mol. The van der Waals surface area contributed by atoms with Gasteiger partial charge in [-0.3, -0.25) is 4.72 Å². The van der Waals surface area contributed by atoms with E-state index < -0.39 is 16.0 Å². The molecule has 0 aliphatic rings. The lowest BCUT2D eigenvalue weighted by atomic mass is 10.1. The number of pyridine rings is 1. The first-order valence-corrected chi connectivity index (χ1v) is 7.89. The number of sulfonamides is 1. The molecule has 0 amide bonds. The Morgan fingerprint density at radius 3 is 2.61 bits per heavy atom. The summed E-state index contributed by atoms with van der Waals surface area (Å²) in [6, 6.07) is 7.24. The van der Waals surface area contributed by atoms with Crippen LogP contribution in [-0.2, 0) is 10.0 Å². The second-order valence-electron chi connectivity index (χ2n) is 4.39. The van der Waals surface area contributed by atoms with E-state index in [9.17, 15) is 18.3 Å². The molecule has 8 heteroatoms. The molecule has 1 aromatic carbocycles. The summed E-state index contributed by atoms with van der Waals surface area (Å²) in [7, 11) is -2.72. The van der Waals surface area contributed by atoms with Crippen LogP contribution in [0.3, 0.4) is 0 Å². The predicted octanol–water partition coefficient (Wildman–Crippen LogP) is 2.23. The highest BCUT2D eigenvalue weighted by Crippen LogP contribution is 2.32. The standard InChI is InChI=1S/C15H14N2O5S/c1-3-10-7-8-11(13(15(18)19)14(10)22-2)17-23(20,21)12-6-4-5-9-16-12/h3-9,17H,1H2,2H3,(H,18,19). The zero-order chi connectivity index (χ0) is 17.0. The third-order valence-electron chi connectivity index (χ3n) is 2.98. The Balaban J connectivity index is 2.56. The number of hydrogen-bond donors (Lipinski definition) is 2. The fourth-order valence-corrected chi connectivity index (χ4v) is 3.00. The Morgan fingerprint density at radius 1 is 1.35 bits per heavy atom. The molecule has 2 N–H and O–H groups in total. The first-order valence-electron chi connectivity index (χ1n) is 6.41. The molecule has 23 heavy (non-hydrogen) atoms. The van der Waals surface area contributed by atoms with Crippen molar-refractivity contribution >= 4 is 27.8 Å². The minimum absolute atomic E-state index is 0.0220. The minimum Gasteiger partial charge on any atom is -0.495 e. The van der Waals surface area contributed by atoms with Gasteiger partial charge in [0.2, 0.25) is 0 Å². The number of nitrogens with zero attached hydrogens (tertiary/aromatic N) is 1. The van der Waals surface area contributed by atoms with Gasteiger partial charge in [-0.15, -0.1) is 0 Å². The fourth-order valence-electron chi connectivity index (χ4n) is 1.98. The van der Waals surface area contributed by atoms with Crippen LogP contribution in [0.15, 0.2) is 48.1 Å². The van der Waals surface area contributed by atoms with Gasteiger partial charge in [0, 0.05) is 11.8 Å². The van der Waals surface area contributed by atoms with Gasteiger partial charge in [-0.2, -0.15) is 8.42 Å². The topological polar surface area (TPSA) is 106 Å². The summed E-state index contributed by atoms with van der Waals surface area (Å²) in [5.74, 6) is -1.31. The van der Waals surface area contributed by atoms with Gasteiger partial charge in [-0.1, -0.05) is 18.7 Å². The number of benzene rings is 1. The second kappa shape index (κ2) is 6.49. The number of carboxylic acids is 1. The van der Waals surface area contributed by atoms with Gasteiger partial charge < -0.3 is 9.84 Å².